The Morgan fingerprint density at radius 1 is 1.26 bits per heavy atom. The van der Waals surface area contributed by atoms with Crippen molar-refractivity contribution in [2.24, 2.45) is 0 Å². The van der Waals surface area contributed by atoms with E-state index in [4.69, 9.17) is 15.6 Å². The first-order valence-corrected chi connectivity index (χ1v) is 6.03. The third kappa shape index (κ3) is 2.85. The molecule has 2 aromatic rings. The van der Waals surface area contributed by atoms with Crippen molar-refractivity contribution < 1.29 is 19.0 Å². The van der Waals surface area contributed by atoms with Gasteiger partial charge in [-0.1, -0.05) is 22.0 Å². The Bertz CT molecular complexity index is 646. The van der Waals surface area contributed by atoms with Crippen molar-refractivity contribution in [3.63, 3.8) is 0 Å². The summed E-state index contributed by atoms with van der Waals surface area (Å²) >= 11 is 3.13. The SMILES string of the molecule is Nc1c(Oc2ccc(Br)cc2F)cccc1C(=O)O. The fourth-order valence-corrected chi connectivity index (χ4v) is 1.83. The molecule has 0 aliphatic carbocycles. The molecular formula is C13H9BrFNO3. The molecule has 0 saturated carbocycles. The number of nitrogen functional groups attached to an aromatic ring is 1. The average Bonchev–Trinajstić information content (AvgIpc) is 2.34. The van der Waals surface area contributed by atoms with Gasteiger partial charge in [-0.3, -0.25) is 0 Å². The molecule has 6 heteroatoms. The molecule has 0 spiro atoms. The number of carbonyl (C=O) groups is 1. The Morgan fingerprint density at radius 2 is 2.00 bits per heavy atom. The summed E-state index contributed by atoms with van der Waals surface area (Å²) in [4.78, 5) is 10.9. The molecule has 0 saturated heterocycles. The second kappa shape index (κ2) is 5.27. The highest BCUT2D eigenvalue weighted by atomic mass is 79.9. The van der Waals surface area contributed by atoms with Crippen molar-refractivity contribution in [3.8, 4) is 11.5 Å². The second-order valence-electron chi connectivity index (χ2n) is 3.70. The van der Waals surface area contributed by atoms with E-state index < -0.39 is 11.8 Å². The van der Waals surface area contributed by atoms with E-state index >= 15 is 0 Å². The molecule has 0 amide bonds. The minimum Gasteiger partial charge on any atom is -0.478 e. The van der Waals surface area contributed by atoms with Gasteiger partial charge >= 0.3 is 5.97 Å². The average molecular weight is 326 g/mol. The Hall–Kier alpha value is -2.08. The molecule has 2 rings (SSSR count). The maximum atomic E-state index is 13.6. The number of nitrogens with two attached hydrogens (primary N) is 1. The summed E-state index contributed by atoms with van der Waals surface area (Å²) in [7, 11) is 0. The van der Waals surface area contributed by atoms with Crippen molar-refractivity contribution in [3.05, 3.63) is 52.3 Å². The van der Waals surface area contributed by atoms with E-state index in [2.05, 4.69) is 15.9 Å². The van der Waals surface area contributed by atoms with Crippen molar-refractivity contribution in [2.45, 2.75) is 0 Å². The van der Waals surface area contributed by atoms with Crippen LogP contribution in [-0.2, 0) is 0 Å². The van der Waals surface area contributed by atoms with Gasteiger partial charge in [0.05, 0.1) is 11.3 Å². The lowest BCUT2D eigenvalue weighted by atomic mass is 10.1. The van der Waals surface area contributed by atoms with E-state index in [1.165, 1.54) is 30.3 Å². The fraction of sp³-hybridized carbons (Fsp3) is 0. The summed E-state index contributed by atoms with van der Waals surface area (Å²) in [6, 6.07) is 8.58. The molecular weight excluding hydrogens is 317 g/mol. The Labute approximate surface area is 116 Å². The number of anilines is 1. The van der Waals surface area contributed by atoms with Crippen LogP contribution < -0.4 is 10.5 Å². The lowest BCUT2D eigenvalue weighted by molar-refractivity contribution is 0.0697. The Balaban J connectivity index is 2.38. The molecule has 0 radical (unpaired) electrons. The number of para-hydroxylation sites is 1. The van der Waals surface area contributed by atoms with Gasteiger partial charge in [-0.05, 0) is 30.3 Å². The molecule has 0 atom stereocenters. The lowest BCUT2D eigenvalue weighted by Gasteiger charge is -2.10. The van der Waals surface area contributed by atoms with E-state index in [0.717, 1.165) is 0 Å². The highest BCUT2D eigenvalue weighted by Gasteiger charge is 2.14. The number of halogens is 2. The quantitative estimate of drug-likeness (QED) is 0.844. The van der Waals surface area contributed by atoms with Gasteiger partial charge in [0.25, 0.3) is 0 Å². The Kier molecular flexibility index (Phi) is 3.71. The monoisotopic (exact) mass is 325 g/mol. The van der Waals surface area contributed by atoms with Crippen LogP contribution in [0, 0.1) is 5.82 Å². The molecule has 0 unspecified atom stereocenters. The summed E-state index contributed by atoms with van der Waals surface area (Å²) in [5, 5.41) is 8.93. The van der Waals surface area contributed by atoms with Crippen molar-refractivity contribution >= 4 is 27.6 Å². The van der Waals surface area contributed by atoms with E-state index in [1.54, 1.807) is 6.07 Å². The van der Waals surface area contributed by atoms with Crippen molar-refractivity contribution in [2.75, 3.05) is 5.73 Å². The largest absolute Gasteiger partial charge is 0.478 e. The molecule has 0 aromatic heterocycles. The summed E-state index contributed by atoms with van der Waals surface area (Å²) in [5.41, 5.74) is 5.54. The molecule has 19 heavy (non-hydrogen) atoms. The van der Waals surface area contributed by atoms with Crippen LogP contribution in [0.3, 0.4) is 0 Å². The summed E-state index contributed by atoms with van der Waals surface area (Å²) < 4.78 is 19.5. The van der Waals surface area contributed by atoms with Crippen LogP contribution in [-0.4, -0.2) is 11.1 Å². The normalized spacial score (nSPS) is 10.2. The van der Waals surface area contributed by atoms with Gasteiger partial charge in [0.1, 0.15) is 0 Å². The zero-order valence-electron chi connectivity index (χ0n) is 9.56. The van der Waals surface area contributed by atoms with E-state index in [1.807, 2.05) is 0 Å². The van der Waals surface area contributed by atoms with Crippen LogP contribution in [0.15, 0.2) is 40.9 Å². The number of aromatic carboxylic acids is 1. The lowest BCUT2D eigenvalue weighted by Crippen LogP contribution is -2.04. The number of ether oxygens (including phenoxy) is 1. The molecule has 2 aromatic carbocycles. The number of carboxylic acids is 1. The van der Waals surface area contributed by atoms with Gasteiger partial charge in [-0.25, -0.2) is 9.18 Å². The second-order valence-corrected chi connectivity index (χ2v) is 4.62. The van der Waals surface area contributed by atoms with Crippen LogP contribution in [0.1, 0.15) is 10.4 Å². The van der Waals surface area contributed by atoms with Crippen LogP contribution in [0.2, 0.25) is 0 Å². The minimum absolute atomic E-state index is 0.0301. The van der Waals surface area contributed by atoms with Crippen molar-refractivity contribution in [1.29, 1.82) is 0 Å². The van der Waals surface area contributed by atoms with Gasteiger partial charge in [-0.15, -0.1) is 0 Å². The molecule has 0 aliphatic heterocycles. The predicted octanol–water partition coefficient (Wildman–Crippen LogP) is 3.66. The van der Waals surface area contributed by atoms with Gasteiger partial charge in [-0.2, -0.15) is 0 Å². The fourth-order valence-electron chi connectivity index (χ4n) is 1.50. The molecule has 98 valence electrons. The van der Waals surface area contributed by atoms with Crippen LogP contribution in [0.25, 0.3) is 0 Å². The summed E-state index contributed by atoms with van der Waals surface area (Å²) in [6.45, 7) is 0. The predicted molar refractivity (Wildman–Crippen MR) is 72.0 cm³/mol. The summed E-state index contributed by atoms with van der Waals surface area (Å²) in [5.74, 6) is -1.67. The topological polar surface area (TPSA) is 72.5 Å². The maximum absolute atomic E-state index is 13.6. The minimum atomic E-state index is -1.17. The number of hydrogen-bond donors (Lipinski definition) is 2. The molecule has 3 N–H and O–H groups in total. The van der Waals surface area contributed by atoms with Crippen molar-refractivity contribution in [1.82, 2.24) is 0 Å². The number of hydrogen-bond acceptors (Lipinski definition) is 3. The van der Waals surface area contributed by atoms with Crippen LogP contribution >= 0.6 is 15.9 Å². The van der Waals surface area contributed by atoms with Crippen LogP contribution in [0.5, 0.6) is 11.5 Å². The number of rotatable bonds is 3. The highest BCUT2D eigenvalue weighted by Crippen LogP contribution is 2.32. The van der Waals surface area contributed by atoms with Gasteiger partial charge in [0.2, 0.25) is 0 Å². The first kappa shape index (κ1) is 13.4. The van der Waals surface area contributed by atoms with Crippen LogP contribution in [0.4, 0.5) is 10.1 Å². The highest BCUT2D eigenvalue weighted by molar-refractivity contribution is 9.10. The third-order valence-electron chi connectivity index (χ3n) is 2.41. The van der Waals surface area contributed by atoms with Gasteiger partial charge < -0.3 is 15.6 Å². The smallest absolute Gasteiger partial charge is 0.337 e. The molecule has 0 fully saturated rings. The standard InChI is InChI=1S/C13H9BrFNO3/c14-7-4-5-10(9(15)6-7)19-11-3-1-2-8(12(11)16)13(17)18/h1-6H,16H2,(H,17,18). The molecule has 4 nitrogen and oxygen atoms in total. The van der Waals surface area contributed by atoms with E-state index in [-0.39, 0.29) is 22.7 Å². The first-order valence-electron chi connectivity index (χ1n) is 5.23. The molecule has 0 heterocycles. The zero-order valence-corrected chi connectivity index (χ0v) is 11.1. The maximum Gasteiger partial charge on any atom is 0.337 e. The third-order valence-corrected chi connectivity index (χ3v) is 2.90. The van der Waals surface area contributed by atoms with E-state index in [0.29, 0.717) is 4.47 Å². The Morgan fingerprint density at radius 3 is 2.63 bits per heavy atom. The van der Waals surface area contributed by atoms with Gasteiger partial charge in [0, 0.05) is 4.47 Å². The first-order chi connectivity index (χ1) is 8.99. The van der Waals surface area contributed by atoms with Gasteiger partial charge in [0.15, 0.2) is 17.3 Å². The molecule has 0 bridgehead atoms. The molecule has 0 aliphatic rings. The van der Waals surface area contributed by atoms with E-state index in [9.17, 15) is 9.18 Å². The number of benzene rings is 2. The zero-order chi connectivity index (χ0) is 14.0. The number of carboxylic acid groups (broad SMARTS) is 1. The summed E-state index contributed by atoms with van der Waals surface area (Å²) in [6.07, 6.45) is 0.